The number of nitrogens with zero attached hydrogens (tertiary/aromatic N) is 5. The van der Waals surface area contributed by atoms with Gasteiger partial charge < -0.3 is 14.4 Å². The van der Waals surface area contributed by atoms with E-state index in [9.17, 15) is 9.59 Å². The molecule has 0 radical (unpaired) electrons. The van der Waals surface area contributed by atoms with Crippen LogP contribution in [0.4, 0.5) is 5.69 Å². The van der Waals surface area contributed by atoms with Crippen LogP contribution in [0.2, 0.25) is 0 Å². The molecule has 2 aromatic heterocycles. The van der Waals surface area contributed by atoms with Crippen LogP contribution in [0.3, 0.4) is 0 Å². The van der Waals surface area contributed by atoms with Crippen LogP contribution in [0.15, 0.2) is 53.5 Å². The topological polar surface area (TPSA) is 63.4 Å². The fourth-order valence-corrected chi connectivity index (χ4v) is 5.08. The van der Waals surface area contributed by atoms with Gasteiger partial charge in [-0.3, -0.25) is 9.59 Å². The van der Waals surface area contributed by atoms with E-state index in [2.05, 4.69) is 46.6 Å². The minimum absolute atomic E-state index is 0.109. The van der Waals surface area contributed by atoms with Gasteiger partial charge in [0.05, 0.1) is 6.20 Å². The summed E-state index contributed by atoms with van der Waals surface area (Å²) in [6.45, 7) is 8.08. The summed E-state index contributed by atoms with van der Waals surface area (Å²) in [5, 5.41) is 6.10. The maximum Gasteiger partial charge on any atom is 0.291 e. The van der Waals surface area contributed by atoms with Crippen LogP contribution < -0.4 is 10.5 Å². The van der Waals surface area contributed by atoms with E-state index in [4.69, 9.17) is 0 Å². The summed E-state index contributed by atoms with van der Waals surface area (Å²) < 4.78 is 3.43. The molecule has 3 heterocycles. The third kappa shape index (κ3) is 3.95. The molecule has 4 aromatic rings. The fourth-order valence-electron chi connectivity index (χ4n) is 5.08. The third-order valence-corrected chi connectivity index (χ3v) is 6.98. The van der Waals surface area contributed by atoms with Gasteiger partial charge in [0.2, 0.25) is 5.91 Å². The van der Waals surface area contributed by atoms with Crippen molar-refractivity contribution in [3.05, 3.63) is 70.1 Å². The molecule has 0 spiro atoms. The molecular weight excluding hydrogens is 426 g/mol. The first kappa shape index (κ1) is 22.2. The molecule has 1 aliphatic rings. The second kappa shape index (κ2) is 8.97. The molecule has 1 saturated heterocycles. The molecule has 0 saturated carbocycles. The van der Waals surface area contributed by atoms with Crippen molar-refractivity contribution in [3.8, 4) is 0 Å². The molecule has 1 amide bonds. The van der Waals surface area contributed by atoms with Crippen molar-refractivity contribution in [1.29, 1.82) is 0 Å². The monoisotopic (exact) mass is 457 g/mol. The second-order valence-corrected chi connectivity index (χ2v) is 9.27. The van der Waals surface area contributed by atoms with Gasteiger partial charge >= 0.3 is 0 Å². The van der Waals surface area contributed by atoms with Gasteiger partial charge in [0.1, 0.15) is 5.52 Å². The number of hydrogen-bond acceptors (Lipinski definition) is 4. The predicted octanol–water partition coefficient (Wildman–Crippen LogP) is 3.63. The number of hydrogen-bond donors (Lipinski definition) is 0. The summed E-state index contributed by atoms with van der Waals surface area (Å²) in [5.74, 6) is 0.191. The molecule has 0 bridgehead atoms. The number of para-hydroxylation sites is 1. The first-order valence-electron chi connectivity index (χ1n) is 12.0. The van der Waals surface area contributed by atoms with Crippen molar-refractivity contribution in [2.45, 2.75) is 33.2 Å². The first-order valence-corrected chi connectivity index (χ1v) is 12.0. The maximum absolute atomic E-state index is 13.0. The largest absolute Gasteiger partial charge is 0.368 e. The molecule has 7 nitrogen and oxygen atoms in total. The number of anilines is 1. The van der Waals surface area contributed by atoms with Crippen LogP contribution in [0.5, 0.6) is 0 Å². The zero-order chi connectivity index (χ0) is 23.8. The highest BCUT2D eigenvalue weighted by Gasteiger charge is 2.22. The van der Waals surface area contributed by atoms with Crippen molar-refractivity contribution >= 4 is 33.4 Å². The Kier molecular flexibility index (Phi) is 5.86. The Bertz CT molecular complexity index is 1430. The van der Waals surface area contributed by atoms with Crippen LogP contribution >= 0.6 is 0 Å². The van der Waals surface area contributed by atoms with Crippen LogP contribution in [0, 0.1) is 13.8 Å². The van der Waals surface area contributed by atoms with Gasteiger partial charge in [0.15, 0.2) is 0 Å². The highest BCUT2D eigenvalue weighted by atomic mass is 16.2. The van der Waals surface area contributed by atoms with Crippen LogP contribution in [-0.2, 0) is 18.4 Å². The standard InChI is InChI=1S/C27H31N5O2/c1-19-10-11-20(2)24(17-19)30-13-15-31(16-14-30)25(33)9-6-12-32-23-8-5-4-7-21(23)22-18-28-29(3)27(34)26(22)32/h4-5,7-8,10-11,17-18H,6,9,12-16H2,1-3H3. The fraction of sp³-hybridized carbons (Fsp3) is 0.370. The lowest BCUT2D eigenvalue weighted by molar-refractivity contribution is -0.131. The molecule has 1 aliphatic heterocycles. The number of rotatable bonds is 5. The SMILES string of the molecule is Cc1ccc(C)c(N2CCN(C(=O)CCCn3c4ccccc4c4cnn(C)c(=O)c43)CC2)c1. The van der Waals surface area contributed by atoms with Crippen LogP contribution in [0.25, 0.3) is 21.8 Å². The van der Waals surface area contributed by atoms with Gasteiger partial charge in [-0.25, -0.2) is 4.68 Å². The molecule has 7 heteroatoms. The van der Waals surface area contributed by atoms with E-state index < -0.39 is 0 Å². The molecule has 2 aromatic carbocycles. The zero-order valence-electron chi connectivity index (χ0n) is 20.1. The molecule has 0 aliphatic carbocycles. The number of carbonyl (C=O) groups is 1. The summed E-state index contributed by atoms with van der Waals surface area (Å²) in [6, 6.07) is 14.6. The average Bonchev–Trinajstić information content (AvgIpc) is 3.17. The Labute approximate surface area is 199 Å². The Morgan fingerprint density at radius 3 is 2.56 bits per heavy atom. The summed E-state index contributed by atoms with van der Waals surface area (Å²) in [6.07, 6.45) is 2.92. The Morgan fingerprint density at radius 1 is 1.00 bits per heavy atom. The van der Waals surface area contributed by atoms with E-state index in [1.165, 1.54) is 21.5 Å². The molecule has 5 rings (SSSR count). The smallest absolute Gasteiger partial charge is 0.291 e. The normalized spacial score (nSPS) is 14.3. The maximum atomic E-state index is 13.0. The molecule has 34 heavy (non-hydrogen) atoms. The minimum atomic E-state index is -0.109. The summed E-state index contributed by atoms with van der Waals surface area (Å²) >= 11 is 0. The van der Waals surface area contributed by atoms with Crippen molar-refractivity contribution in [2.24, 2.45) is 7.05 Å². The van der Waals surface area contributed by atoms with E-state index in [1.54, 1.807) is 13.2 Å². The van der Waals surface area contributed by atoms with Gasteiger partial charge in [-0.15, -0.1) is 0 Å². The number of benzene rings is 2. The number of aryl methyl sites for hydroxylation is 4. The van der Waals surface area contributed by atoms with Gasteiger partial charge in [-0.2, -0.15) is 5.10 Å². The molecule has 0 unspecified atom stereocenters. The van der Waals surface area contributed by atoms with Crippen molar-refractivity contribution in [2.75, 3.05) is 31.1 Å². The van der Waals surface area contributed by atoms with Gasteiger partial charge in [-0.1, -0.05) is 30.3 Å². The van der Waals surface area contributed by atoms with E-state index in [0.29, 0.717) is 24.9 Å². The summed E-state index contributed by atoms with van der Waals surface area (Å²) in [7, 11) is 1.67. The van der Waals surface area contributed by atoms with Crippen LogP contribution in [-0.4, -0.2) is 51.3 Å². The third-order valence-electron chi connectivity index (χ3n) is 6.98. The number of carbonyl (C=O) groups excluding carboxylic acids is 1. The zero-order valence-corrected chi connectivity index (χ0v) is 20.1. The summed E-state index contributed by atoms with van der Waals surface area (Å²) in [5.41, 5.74) is 5.37. The van der Waals surface area contributed by atoms with E-state index >= 15 is 0 Å². The van der Waals surface area contributed by atoms with Gasteiger partial charge in [0.25, 0.3) is 5.56 Å². The minimum Gasteiger partial charge on any atom is -0.368 e. The molecule has 0 N–H and O–H groups in total. The van der Waals surface area contributed by atoms with Crippen molar-refractivity contribution < 1.29 is 4.79 Å². The van der Waals surface area contributed by atoms with Crippen molar-refractivity contribution in [1.82, 2.24) is 19.2 Å². The lowest BCUT2D eigenvalue weighted by Gasteiger charge is -2.37. The number of aromatic nitrogens is 3. The van der Waals surface area contributed by atoms with E-state index in [-0.39, 0.29) is 11.5 Å². The predicted molar refractivity (Wildman–Crippen MR) is 136 cm³/mol. The lowest BCUT2D eigenvalue weighted by Crippen LogP contribution is -2.49. The van der Waals surface area contributed by atoms with Gasteiger partial charge in [0, 0.05) is 68.2 Å². The molecule has 0 atom stereocenters. The highest BCUT2D eigenvalue weighted by molar-refractivity contribution is 6.07. The Balaban J connectivity index is 1.25. The second-order valence-electron chi connectivity index (χ2n) is 9.27. The number of piperazine rings is 1. The molecule has 176 valence electrons. The lowest BCUT2D eigenvalue weighted by atomic mass is 10.1. The molecule has 1 fully saturated rings. The van der Waals surface area contributed by atoms with E-state index in [0.717, 1.165) is 42.5 Å². The van der Waals surface area contributed by atoms with Crippen molar-refractivity contribution in [3.63, 3.8) is 0 Å². The number of amides is 1. The molecular formula is C27H31N5O2. The highest BCUT2D eigenvalue weighted by Crippen LogP contribution is 2.27. The Morgan fingerprint density at radius 2 is 1.76 bits per heavy atom. The number of fused-ring (bicyclic) bond motifs is 3. The quantitative estimate of drug-likeness (QED) is 0.459. The average molecular weight is 458 g/mol. The summed E-state index contributed by atoms with van der Waals surface area (Å²) in [4.78, 5) is 30.2. The van der Waals surface area contributed by atoms with Crippen LogP contribution in [0.1, 0.15) is 24.0 Å². The van der Waals surface area contributed by atoms with Gasteiger partial charge in [-0.05, 0) is 43.5 Å². The Hall–Kier alpha value is -3.61. The first-order chi connectivity index (χ1) is 16.4. The van der Waals surface area contributed by atoms with E-state index in [1.807, 2.05) is 29.2 Å².